The van der Waals surface area contributed by atoms with Gasteiger partial charge in [0, 0.05) is 5.56 Å². The zero-order valence-corrected chi connectivity index (χ0v) is 11.8. The van der Waals surface area contributed by atoms with Gasteiger partial charge < -0.3 is 5.11 Å². The molecule has 2 rings (SSSR count). The van der Waals surface area contributed by atoms with E-state index in [4.69, 9.17) is 0 Å². The molecule has 88 valence electrons. The molecule has 1 aromatic heterocycles. The smallest absolute Gasteiger partial charge is 0.135 e. The molecular formula is C11H9FIN2OP. The van der Waals surface area contributed by atoms with Crippen molar-refractivity contribution >= 4 is 34.2 Å². The van der Waals surface area contributed by atoms with E-state index in [1.165, 1.54) is 12.1 Å². The highest BCUT2D eigenvalue weighted by atomic mass is 127. The molecule has 0 fully saturated rings. The summed E-state index contributed by atoms with van der Waals surface area (Å²) in [5.41, 5.74) is 2.13. The zero-order chi connectivity index (χ0) is 12.4. The average molecular weight is 362 g/mol. The van der Waals surface area contributed by atoms with Crippen molar-refractivity contribution in [3.8, 4) is 11.3 Å². The van der Waals surface area contributed by atoms with E-state index in [0.29, 0.717) is 12.1 Å². The Kier molecular flexibility index (Phi) is 3.79. The molecule has 0 radical (unpaired) electrons. The van der Waals surface area contributed by atoms with E-state index in [9.17, 15) is 9.50 Å². The fourth-order valence-electron chi connectivity index (χ4n) is 1.41. The van der Waals surface area contributed by atoms with E-state index in [2.05, 4.69) is 33.7 Å². The first-order chi connectivity index (χ1) is 8.11. The summed E-state index contributed by atoms with van der Waals surface area (Å²) in [7, 11) is 0. The molecule has 17 heavy (non-hydrogen) atoms. The molecule has 1 aromatic carbocycles. The second kappa shape index (κ2) is 5.14. The first-order valence-electron chi connectivity index (χ1n) is 4.72. The minimum atomic E-state index is -0.275. The van der Waals surface area contributed by atoms with Crippen molar-refractivity contribution in [1.82, 2.24) is 9.55 Å². The SMILES string of the molecule is C=C(O)c1cc(-c2ccc(F)cc2)n(PI)n1. The van der Waals surface area contributed by atoms with Crippen LogP contribution in [0.25, 0.3) is 17.0 Å². The van der Waals surface area contributed by atoms with Crippen LogP contribution in [0.2, 0.25) is 0 Å². The number of nitrogens with zero attached hydrogens (tertiary/aromatic N) is 2. The number of hydrogen-bond acceptors (Lipinski definition) is 2. The number of benzene rings is 1. The van der Waals surface area contributed by atoms with Gasteiger partial charge in [-0.2, -0.15) is 5.10 Å². The third-order valence-electron chi connectivity index (χ3n) is 2.23. The van der Waals surface area contributed by atoms with E-state index < -0.39 is 0 Å². The van der Waals surface area contributed by atoms with Gasteiger partial charge in [-0.25, -0.2) is 8.84 Å². The van der Waals surface area contributed by atoms with Crippen molar-refractivity contribution in [2.24, 2.45) is 0 Å². The summed E-state index contributed by atoms with van der Waals surface area (Å²) >= 11 is 2.19. The number of hydrogen-bond donors (Lipinski definition) is 1. The maximum atomic E-state index is 12.8. The predicted octanol–water partition coefficient (Wildman–Crippen LogP) is 4.01. The summed E-state index contributed by atoms with van der Waals surface area (Å²) < 4.78 is 14.6. The van der Waals surface area contributed by atoms with Gasteiger partial charge in [0.1, 0.15) is 17.3 Å². The van der Waals surface area contributed by atoms with Crippen molar-refractivity contribution in [1.29, 1.82) is 0 Å². The highest BCUT2D eigenvalue weighted by Gasteiger charge is 2.11. The van der Waals surface area contributed by atoms with Crippen molar-refractivity contribution < 1.29 is 9.50 Å². The number of rotatable bonds is 3. The molecule has 0 amide bonds. The molecule has 1 heterocycles. The average Bonchev–Trinajstić information content (AvgIpc) is 2.74. The van der Waals surface area contributed by atoms with Crippen LogP contribution in [0.3, 0.4) is 0 Å². The van der Waals surface area contributed by atoms with E-state index in [0.717, 1.165) is 11.3 Å². The lowest BCUT2D eigenvalue weighted by Crippen LogP contribution is -1.89. The Hall–Kier alpha value is -0.940. The fraction of sp³-hybridized carbons (Fsp3) is 0. The Labute approximate surface area is 113 Å². The summed E-state index contributed by atoms with van der Waals surface area (Å²) in [5, 5.41) is 13.5. The third-order valence-corrected chi connectivity index (χ3v) is 4.10. The van der Waals surface area contributed by atoms with E-state index in [1.54, 1.807) is 22.7 Å². The van der Waals surface area contributed by atoms with Crippen molar-refractivity contribution in [3.63, 3.8) is 0 Å². The van der Waals surface area contributed by atoms with Gasteiger partial charge in [-0.3, -0.25) is 0 Å². The fourth-order valence-corrected chi connectivity index (χ4v) is 2.95. The van der Waals surface area contributed by atoms with E-state index in [1.807, 2.05) is 0 Å². The highest BCUT2D eigenvalue weighted by Crippen LogP contribution is 2.32. The van der Waals surface area contributed by atoms with Crippen LogP contribution in [0, 0.1) is 5.82 Å². The van der Waals surface area contributed by atoms with Crippen LogP contribution in [0.15, 0.2) is 36.9 Å². The van der Waals surface area contributed by atoms with Gasteiger partial charge in [-0.15, -0.1) is 0 Å². The predicted molar refractivity (Wildman–Crippen MR) is 77.0 cm³/mol. The summed E-state index contributed by atoms with van der Waals surface area (Å²) in [6.07, 6.45) is 0.395. The van der Waals surface area contributed by atoms with Crippen LogP contribution >= 0.6 is 28.4 Å². The zero-order valence-electron chi connectivity index (χ0n) is 8.69. The minimum absolute atomic E-state index is 0.0678. The Morgan fingerprint density at radius 1 is 1.41 bits per heavy atom. The summed E-state index contributed by atoms with van der Waals surface area (Å²) in [6.45, 7) is 3.44. The molecule has 0 spiro atoms. The van der Waals surface area contributed by atoms with Crippen LogP contribution in [0.4, 0.5) is 4.39 Å². The second-order valence-electron chi connectivity index (χ2n) is 3.36. The lowest BCUT2D eigenvalue weighted by Gasteiger charge is -2.02. The van der Waals surface area contributed by atoms with Gasteiger partial charge in [-0.05, 0) is 52.4 Å². The molecule has 2 aromatic rings. The molecule has 1 unspecified atom stereocenters. The standard InChI is InChI=1S/C11H9FIN2OP/c1-7(16)10-6-11(15(14-10)17-13)8-2-4-9(12)5-3-8/h2-6,16-17H,1H2. The third kappa shape index (κ3) is 2.66. The second-order valence-corrected chi connectivity index (χ2v) is 5.40. The molecule has 0 saturated heterocycles. The van der Waals surface area contributed by atoms with Gasteiger partial charge in [0.25, 0.3) is 0 Å². The number of halogens is 2. The molecule has 0 saturated carbocycles. The molecule has 6 heteroatoms. The van der Waals surface area contributed by atoms with Crippen molar-refractivity contribution in [3.05, 3.63) is 48.4 Å². The summed E-state index contributed by atoms with van der Waals surface area (Å²) in [6, 6.07) is 7.90. The normalized spacial score (nSPS) is 11.2. The molecule has 3 nitrogen and oxygen atoms in total. The highest BCUT2D eigenvalue weighted by molar-refractivity contribution is 14.2. The first-order valence-corrected chi connectivity index (χ1v) is 8.79. The molecule has 0 aliphatic carbocycles. The first kappa shape index (κ1) is 12.5. The molecular weight excluding hydrogens is 353 g/mol. The van der Waals surface area contributed by atoms with Gasteiger partial charge in [0.2, 0.25) is 0 Å². The largest absolute Gasteiger partial charge is 0.506 e. The topological polar surface area (TPSA) is 38.0 Å². The Morgan fingerprint density at radius 3 is 2.59 bits per heavy atom. The van der Waals surface area contributed by atoms with Gasteiger partial charge in [0.15, 0.2) is 0 Å². The van der Waals surface area contributed by atoms with Crippen LogP contribution in [0.1, 0.15) is 5.69 Å². The lowest BCUT2D eigenvalue weighted by atomic mass is 10.1. The monoisotopic (exact) mass is 362 g/mol. The summed E-state index contributed by atoms with van der Waals surface area (Å²) in [4.78, 5) is 0. The van der Waals surface area contributed by atoms with Crippen molar-refractivity contribution in [2.75, 3.05) is 0 Å². The van der Waals surface area contributed by atoms with Gasteiger partial charge in [0.05, 0.1) is 12.1 Å². The molecule has 0 bridgehead atoms. The Morgan fingerprint density at radius 2 is 2.06 bits per heavy atom. The Bertz CT molecular complexity index is 553. The van der Waals surface area contributed by atoms with Crippen LogP contribution in [-0.4, -0.2) is 14.7 Å². The number of aromatic nitrogens is 2. The molecule has 1 atom stereocenters. The van der Waals surface area contributed by atoms with E-state index >= 15 is 0 Å². The Balaban J connectivity index is 2.50. The van der Waals surface area contributed by atoms with E-state index in [-0.39, 0.29) is 11.6 Å². The van der Waals surface area contributed by atoms with Gasteiger partial charge >= 0.3 is 0 Å². The lowest BCUT2D eigenvalue weighted by molar-refractivity contribution is 0.510. The van der Waals surface area contributed by atoms with Crippen LogP contribution in [0.5, 0.6) is 0 Å². The molecule has 1 N–H and O–H groups in total. The van der Waals surface area contributed by atoms with Crippen molar-refractivity contribution in [2.45, 2.75) is 0 Å². The quantitative estimate of drug-likeness (QED) is 0.509. The molecule has 0 aliphatic rings. The number of aliphatic hydroxyl groups is 1. The maximum absolute atomic E-state index is 12.8. The minimum Gasteiger partial charge on any atom is -0.506 e. The van der Waals surface area contributed by atoms with Gasteiger partial charge in [-0.1, -0.05) is 6.58 Å². The molecule has 0 aliphatic heterocycles. The number of aliphatic hydroxyl groups excluding tert-OH is 1. The maximum Gasteiger partial charge on any atom is 0.135 e. The van der Waals surface area contributed by atoms with Crippen LogP contribution in [-0.2, 0) is 0 Å². The van der Waals surface area contributed by atoms with Crippen LogP contribution < -0.4 is 0 Å². The summed E-state index contributed by atoms with van der Waals surface area (Å²) in [5.74, 6) is -0.342.